The van der Waals surface area contributed by atoms with Crippen LogP contribution in [0.1, 0.15) is 38.5 Å². The first kappa shape index (κ1) is 15.3. The van der Waals surface area contributed by atoms with Gasteiger partial charge in [0, 0.05) is 19.0 Å². The normalized spacial score (nSPS) is 22.7. The summed E-state index contributed by atoms with van der Waals surface area (Å²) in [5, 5.41) is 17.5. The van der Waals surface area contributed by atoms with E-state index in [0.29, 0.717) is 6.54 Å². The molecule has 1 saturated heterocycles. The summed E-state index contributed by atoms with van der Waals surface area (Å²) in [4.78, 5) is 27.6. The van der Waals surface area contributed by atoms with Crippen molar-refractivity contribution in [3.8, 4) is 12.1 Å². The largest absolute Gasteiger partial charge is 0.339 e. The van der Waals surface area contributed by atoms with Gasteiger partial charge in [-0.15, -0.1) is 0 Å². The van der Waals surface area contributed by atoms with Crippen molar-refractivity contribution < 1.29 is 9.59 Å². The van der Waals surface area contributed by atoms with Crippen LogP contribution in [0.5, 0.6) is 0 Å². The molecule has 0 bridgehead atoms. The summed E-state index contributed by atoms with van der Waals surface area (Å²) in [6.07, 6.45) is 5.76. The Labute approximate surface area is 124 Å². The fourth-order valence-electron chi connectivity index (χ4n) is 3.28. The first-order valence-corrected chi connectivity index (χ1v) is 7.49. The van der Waals surface area contributed by atoms with Gasteiger partial charge in [-0.25, -0.2) is 0 Å². The molecule has 0 aromatic rings. The van der Waals surface area contributed by atoms with Crippen LogP contribution in [0.15, 0.2) is 0 Å². The number of rotatable bonds is 4. The predicted octanol–water partition coefficient (Wildman–Crippen LogP) is 1.04. The van der Waals surface area contributed by atoms with Gasteiger partial charge < -0.3 is 9.80 Å². The van der Waals surface area contributed by atoms with Gasteiger partial charge in [0.25, 0.3) is 0 Å². The molecule has 0 aromatic heterocycles. The second-order valence-electron chi connectivity index (χ2n) is 5.75. The zero-order chi connectivity index (χ0) is 15.2. The van der Waals surface area contributed by atoms with E-state index in [4.69, 9.17) is 10.5 Å². The number of nitrogens with zero attached hydrogens (tertiary/aromatic N) is 4. The van der Waals surface area contributed by atoms with Crippen molar-refractivity contribution in [1.29, 1.82) is 10.5 Å². The Bertz CT molecular complexity index is 469. The van der Waals surface area contributed by atoms with E-state index in [1.54, 1.807) is 0 Å². The summed E-state index contributed by atoms with van der Waals surface area (Å²) >= 11 is 0. The van der Waals surface area contributed by atoms with Gasteiger partial charge in [-0.3, -0.25) is 9.59 Å². The van der Waals surface area contributed by atoms with Gasteiger partial charge in [0.05, 0.1) is 18.1 Å². The molecule has 1 aliphatic heterocycles. The Kier molecular flexibility index (Phi) is 5.16. The molecule has 0 spiro atoms. The zero-order valence-corrected chi connectivity index (χ0v) is 12.1. The Morgan fingerprint density at radius 3 is 2.38 bits per heavy atom. The summed E-state index contributed by atoms with van der Waals surface area (Å²) in [6.45, 7) is 0.247. The van der Waals surface area contributed by atoms with Crippen LogP contribution < -0.4 is 0 Å². The Morgan fingerprint density at radius 1 is 1.19 bits per heavy atom. The lowest BCUT2D eigenvalue weighted by molar-refractivity contribution is -0.134. The molecule has 2 rings (SSSR count). The van der Waals surface area contributed by atoms with Gasteiger partial charge >= 0.3 is 0 Å². The molecule has 6 nitrogen and oxygen atoms in total. The molecule has 0 aromatic carbocycles. The fourth-order valence-corrected chi connectivity index (χ4v) is 3.28. The first-order valence-electron chi connectivity index (χ1n) is 7.49. The van der Waals surface area contributed by atoms with Crippen molar-refractivity contribution in [2.24, 2.45) is 5.92 Å². The van der Waals surface area contributed by atoms with Crippen molar-refractivity contribution in [3.63, 3.8) is 0 Å². The van der Waals surface area contributed by atoms with E-state index < -0.39 is 5.92 Å². The second kappa shape index (κ2) is 7.08. The van der Waals surface area contributed by atoms with E-state index in [9.17, 15) is 9.59 Å². The molecule has 1 aliphatic carbocycles. The molecule has 1 atom stereocenters. The molecular formula is C15H20N4O2. The van der Waals surface area contributed by atoms with E-state index in [0.717, 1.165) is 25.7 Å². The molecule has 1 saturated carbocycles. The smallest absolute Gasteiger partial charge is 0.229 e. The Balaban J connectivity index is 1.99. The van der Waals surface area contributed by atoms with Crippen LogP contribution in [0.25, 0.3) is 0 Å². The third-order valence-electron chi connectivity index (χ3n) is 4.36. The number of likely N-dealkylation sites (tertiary alicyclic amines) is 1. The topological polar surface area (TPSA) is 88.2 Å². The molecule has 1 unspecified atom stereocenters. The molecular weight excluding hydrogens is 268 g/mol. The minimum atomic E-state index is -0.402. The second-order valence-corrected chi connectivity index (χ2v) is 5.75. The number of hydrogen-bond acceptors (Lipinski definition) is 4. The van der Waals surface area contributed by atoms with Crippen molar-refractivity contribution in [3.05, 3.63) is 0 Å². The third-order valence-corrected chi connectivity index (χ3v) is 4.36. The molecule has 0 N–H and O–H groups in total. The highest BCUT2D eigenvalue weighted by Gasteiger charge is 2.39. The first-order chi connectivity index (χ1) is 10.2. The van der Waals surface area contributed by atoms with E-state index in [1.165, 1.54) is 11.3 Å². The monoisotopic (exact) mass is 288 g/mol. The van der Waals surface area contributed by atoms with Gasteiger partial charge in [0.15, 0.2) is 0 Å². The average molecular weight is 288 g/mol. The summed E-state index contributed by atoms with van der Waals surface area (Å²) in [6, 6.07) is 4.06. The summed E-state index contributed by atoms with van der Waals surface area (Å²) < 4.78 is 0. The van der Waals surface area contributed by atoms with Crippen LogP contribution in [0, 0.1) is 28.6 Å². The average Bonchev–Trinajstić information content (AvgIpc) is 2.89. The number of amides is 2. The third kappa shape index (κ3) is 3.52. The van der Waals surface area contributed by atoms with Crippen molar-refractivity contribution in [2.75, 3.05) is 19.6 Å². The van der Waals surface area contributed by atoms with Gasteiger partial charge in [0.1, 0.15) is 13.1 Å². The standard InChI is InChI=1S/C15H20N4O2/c16-6-8-18(9-7-17)15(21)12-10-14(20)19(11-12)13-4-2-1-3-5-13/h12-13H,1-5,8-11H2. The van der Waals surface area contributed by atoms with Crippen molar-refractivity contribution in [1.82, 2.24) is 9.80 Å². The van der Waals surface area contributed by atoms with Gasteiger partial charge in [-0.05, 0) is 12.8 Å². The fraction of sp³-hybridized carbons (Fsp3) is 0.733. The lowest BCUT2D eigenvalue weighted by atomic mass is 9.94. The van der Waals surface area contributed by atoms with E-state index in [-0.39, 0.29) is 37.4 Å². The lowest BCUT2D eigenvalue weighted by Gasteiger charge is -2.31. The van der Waals surface area contributed by atoms with Crippen LogP contribution in [0.2, 0.25) is 0 Å². The zero-order valence-electron chi connectivity index (χ0n) is 12.1. The van der Waals surface area contributed by atoms with E-state index in [2.05, 4.69) is 0 Å². The van der Waals surface area contributed by atoms with E-state index in [1.807, 2.05) is 17.0 Å². The molecule has 2 aliphatic rings. The number of nitriles is 2. The van der Waals surface area contributed by atoms with Gasteiger partial charge in [-0.1, -0.05) is 19.3 Å². The number of carbonyl (C=O) groups excluding carboxylic acids is 2. The number of carbonyl (C=O) groups is 2. The SMILES string of the molecule is N#CCN(CC#N)C(=O)C1CC(=O)N(C2CCCCC2)C1. The summed E-state index contributed by atoms with van der Waals surface area (Å²) in [7, 11) is 0. The van der Waals surface area contributed by atoms with Crippen molar-refractivity contribution >= 4 is 11.8 Å². The highest BCUT2D eigenvalue weighted by Crippen LogP contribution is 2.29. The summed E-state index contributed by atoms with van der Waals surface area (Å²) in [5.74, 6) is -0.611. The van der Waals surface area contributed by atoms with Crippen LogP contribution in [0.4, 0.5) is 0 Å². The van der Waals surface area contributed by atoms with E-state index >= 15 is 0 Å². The number of hydrogen-bond donors (Lipinski definition) is 0. The van der Waals surface area contributed by atoms with Crippen molar-refractivity contribution in [2.45, 2.75) is 44.6 Å². The Morgan fingerprint density at radius 2 is 1.81 bits per heavy atom. The van der Waals surface area contributed by atoms with Gasteiger partial charge in [-0.2, -0.15) is 10.5 Å². The van der Waals surface area contributed by atoms with Crippen LogP contribution in [-0.2, 0) is 9.59 Å². The maximum absolute atomic E-state index is 12.3. The highest BCUT2D eigenvalue weighted by molar-refractivity contribution is 5.89. The minimum Gasteiger partial charge on any atom is -0.339 e. The summed E-state index contributed by atoms with van der Waals surface area (Å²) in [5.41, 5.74) is 0. The molecule has 0 radical (unpaired) electrons. The molecule has 2 fully saturated rings. The molecule has 112 valence electrons. The molecule has 1 heterocycles. The highest BCUT2D eigenvalue weighted by atomic mass is 16.2. The molecule has 2 amide bonds. The minimum absolute atomic E-state index is 0.0362. The van der Waals surface area contributed by atoms with Crippen LogP contribution in [-0.4, -0.2) is 47.3 Å². The molecule has 21 heavy (non-hydrogen) atoms. The quantitative estimate of drug-likeness (QED) is 0.723. The molecule has 6 heteroatoms. The predicted molar refractivity (Wildman–Crippen MR) is 74.5 cm³/mol. The maximum atomic E-state index is 12.3. The maximum Gasteiger partial charge on any atom is 0.229 e. The Hall–Kier alpha value is -2.08. The van der Waals surface area contributed by atoms with Crippen LogP contribution in [0.3, 0.4) is 0 Å². The lowest BCUT2D eigenvalue weighted by Crippen LogP contribution is -2.40. The van der Waals surface area contributed by atoms with Crippen LogP contribution >= 0.6 is 0 Å². The van der Waals surface area contributed by atoms with Gasteiger partial charge in [0.2, 0.25) is 11.8 Å².